The molecule has 79 heavy (non-hydrogen) atoms. The Morgan fingerprint density at radius 3 is 1.61 bits per heavy atom. The Hall–Kier alpha value is -9.54. The maximum Gasteiger partial charge on any atom is 0.416 e. The number of fused-ring (bicyclic) bond motifs is 1. The van der Waals surface area contributed by atoms with Crippen molar-refractivity contribution in [2.75, 3.05) is 51.0 Å². The first-order valence-corrected chi connectivity index (χ1v) is 24.7. The van der Waals surface area contributed by atoms with Crippen molar-refractivity contribution in [3.63, 3.8) is 0 Å². The number of amides is 6. The normalized spacial score (nSPS) is 15.3. The van der Waals surface area contributed by atoms with Gasteiger partial charge in [0.2, 0.25) is 11.8 Å². The average Bonchev–Trinajstić information content (AvgIpc) is 4.21. The Balaban J connectivity index is 0.000000208. The summed E-state index contributed by atoms with van der Waals surface area (Å²) in [5, 5.41) is 15.6. The quantitative estimate of drug-likeness (QED) is 0.0601. The molecule has 9 rings (SSSR count). The predicted octanol–water partition coefficient (Wildman–Crippen LogP) is 8.17. The molecule has 6 N–H and O–H groups in total. The molecule has 7 aromatic rings. The fourth-order valence-electron chi connectivity index (χ4n) is 9.59. The van der Waals surface area contributed by atoms with Crippen LogP contribution >= 0.6 is 0 Å². The van der Waals surface area contributed by atoms with Crippen LogP contribution < -0.4 is 31.6 Å². The number of carbonyl (C=O) groups is 6. The number of ether oxygens (including phenoxy) is 2. The number of rotatable bonds is 14. The molecule has 0 unspecified atom stereocenters. The first-order valence-electron chi connectivity index (χ1n) is 24.7. The van der Waals surface area contributed by atoms with Crippen molar-refractivity contribution in [1.29, 1.82) is 0 Å². The number of hydrogen-bond acceptors (Lipinski definition) is 10. The summed E-state index contributed by atoms with van der Waals surface area (Å²) in [6.45, 7) is 9.17. The van der Waals surface area contributed by atoms with Gasteiger partial charge in [0.05, 0.1) is 59.9 Å². The lowest BCUT2D eigenvalue weighted by molar-refractivity contribution is -0.137. The molecule has 2 fully saturated rings. The summed E-state index contributed by atoms with van der Waals surface area (Å²) in [7, 11) is 4.67. The third-order valence-electron chi connectivity index (χ3n) is 13.7. The van der Waals surface area contributed by atoms with Gasteiger partial charge >= 0.3 is 6.18 Å². The average molecular weight is 1090 g/mol. The van der Waals surface area contributed by atoms with Gasteiger partial charge in [0.1, 0.15) is 34.4 Å². The van der Waals surface area contributed by atoms with Crippen molar-refractivity contribution in [1.82, 2.24) is 33.9 Å². The monoisotopic (exact) mass is 1090 g/mol. The minimum Gasteiger partial charge on any atom is -0.495 e. The molecule has 5 heterocycles. The number of nitrogens with zero attached hydrogens (tertiary/aromatic N) is 7. The summed E-state index contributed by atoms with van der Waals surface area (Å²) in [4.78, 5) is 78.0. The number of primary amides is 2. The van der Waals surface area contributed by atoms with Crippen LogP contribution in [0.25, 0.3) is 33.4 Å². The molecular weight excluding hydrogens is 1030 g/mol. The molecule has 0 radical (unpaired) electrons. The van der Waals surface area contributed by atoms with Crippen molar-refractivity contribution in [3.8, 4) is 34.0 Å². The van der Waals surface area contributed by atoms with Crippen LogP contribution in [0.3, 0.4) is 0 Å². The largest absolute Gasteiger partial charge is 0.495 e. The van der Waals surface area contributed by atoms with E-state index in [1.54, 1.807) is 43.6 Å². The number of aromatic nitrogens is 5. The zero-order valence-electron chi connectivity index (χ0n) is 43.2. The second kappa shape index (κ2) is 23.4. The van der Waals surface area contributed by atoms with Gasteiger partial charge in [0.15, 0.2) is 0 Å². The number of methoxy groups -OCH3 is 2. The number of anilines is 2. The van der Waals surface area contributed by atoms with Gasteiger partial charge in [0, 0.05) is 67.7 Å². The second-order valence-corrected chi connectivity index (χ2v) is 18.6. The fraction of sp³-hybridized carbons (Fsp3) is 0.250. The number of carbonyl (C=O) groups excluding carboxylic acids is 6. The van der Waals surface area contributed by atoms with E-state index in [9.17, 15) is 46.3 Å². The number of aryl methyl sites for hydroxylation is 1. The smallest absolute Gasteiger partial charge is 0.416 e. The standard InChI is InChI=1S/C29H30N6O4.C27H25F4N5O4/c1-4-26(36)34-13-7-9-20(16-34)35-17-21(28(30)37)27(32-35)19-11-12-22(25(15-19)39-3)31-29(38)24-14-18-8-5-6-10-23(18)33(24)2;1-3-23(37)35-10-4-5-17(13-35)36-14-19(25(32)38)24(34-36)15-6-9-21(22(11-15)40-2)33-26(39)18-8-7-16(12-20(18)28)27(29,30)31/h4-6,8,10-12,14-15,17,20H,1,7,9,13,16H2,2-3H3,(H2,30,37)(H,31,38);3,6-9,11-12,14,17H,1,4-5,10,13H2,2H3,(H2,32,38)(H,33,39)/t20-;17-/m11/s1. The molecule has 23 heteroatoms. The van der Waals surface area contributed by atoms with E-state index in [4.69, 9.17) is 26.0 Å². The second-order valence-electron chi connectivity index (χ2n) is 18.6. The first-order chi connectivity index (χ1) is 37.7. The van der Waals surface area contributed by atoms with E-state index >= 15 is 0 Å². The SMILES string of the molecule is C=CC(=O)N1CCC[C@@H](n2cc(C(N)=O)c(-c3ccc(NC(=O)c4cc5ccccc5n4C)c(OC)c3)n2)C1.C=CC(=O)N1CCC[C@@H](n2cc(C(N)=O)c(-c3ccc(NC(=O)c4ccc(C(F)(F)F)cc4F)c(OC)c3)n2)C1. The van der Waals surface area contributed by atoms with E-state index in [1.165, 1.54) is 50.8 Å². The number of likely N-dealkylation sites (tertiary alicyclic amines) is 2. The summed E-state index contributed by atoms with van der Waals surface area (Å²) in [5.41, 5.74) is 13.6. The maximum atomic E-state index is 14.3. The van der Waals surface area contributed by atoms with Crippen LogP contribution in [-0.2, 0) is 22.8 Å². The van der Waals surface area contributed by atoms with Crippen LogP contribution in [0.15, 0.2) is 123 Å². The van der Waals surface area contributed by atoms with Crippen LogP contribution in [0, 0.1) is 5.82 Å². The lowest BCUT2D eigenvalue weighted by atomic mass is 10.1. The zero-order valence-corrected chi connectivity index (χ0v) is 43.2. The van der Waals surface area contributed by atoms with Gasteiger partial charge in [-0.25, -0.2) is 4.39 Å². The summed E-state index contributed by atoms with van der Waals surface area (Å²) in [6.07, 6.45) is 4.00. The summed E-state index contributed by atoms with van der Waals surface area (Å²) in [5.74, 6) is -3.76. The van der Waals surface area contributed by atoms with E-state index in [0.717, 1.165) is 42.7 Å². The van der Waals surface area contributed by atoms with Gasteiger partial charge in [-0.3, -0.25) is 38.1 Å². The van der Waals surface area contributed by atoms with Gasteiger partial charge in [-0.2, -0.15) is 23.4 Å². The molecule has 0 saturated carbocycles. The molecule has 6 amide bonds. The van der Waals surface area contributed by atoms with Crippen molar-refractivity contribution in [3.05, 3.63) is 156 Å². The minimum atomic E-state index is -4.76. The van der Waals surface area contributed by atoms with E-state index in [-0.39, 0.29) is 64.1 Å². The highest BCUT2D eigenvalue weighted by Crippen LogP contribution is 2.37. The van der Waals surface area contributed by atoms with Crippen LogP contribution in [-0.4, -0.2) is 110 Å². The molecule has 0 bridgehead atoms. The fourth-order valence-corrected chi connectivity index (χ4v) is 9.59. The molecular formula is C56H55F4N11O8. The van der Waals surface area contributed by atoms with Crippen LogP contribution in [0.2, 0.25) is 0 Å². The molecule has 410 valence electrons. The van der Waals surface area contributed by atoms with Crippen LogP contribution in [0.4, 0.5) is 28.9 Å². The molecule has 0 spiro atoms. The lowest BCUT2D eigenvalue weighted by Gasteiger charge is -2.32. The van der Waals surface area contributed by atoms with Crippen molar-refractivity contribution in [2.45, 2.75) is 43.9 Å². The number of benzene rings is 4. The topological polar surface area (TPSA) is 244 Å². The Labute approximate surface area is 450 Å². The van der Waals surface area contributed by atoms with Crippen LogP contribution in [0.5, 0.6) is 11.5 Å². The number of piperidine rings is 2. The van der Waals surface area contributed by atoms with Crippen molar-refractivity contribution in [2.24, 2.45) is 18.5 Å². The highest BCUT2D eigenvalue weighted by atomic mass is 19.4. The van der Waals surface area contributed by atoms with Crippen molar-refractivity contribution >= 4 is 57.7 Å². The number of nitrogens with two attached hydrogens (primary N) is 2. The van der Waals surface area contributed by atoms with E-state index in [0.29, 0.717) is 66.2 Å². The Morgan fingerprint density at radius 1 is 0.671 bits per heavy atom. The molecule has 2 aliphatic heterocycles. The van der Waals surface area contributed by atoms with E-state index in [1.807, 2.05) is 41.9 Å². The molecule has 19 nitrogen and oxygen atoms in total. The Kier molecular flexibility index (Phi) is 16.5. The molecule has 2 atom stereocenters. The third kappa shape index (κ3) is 12.0. The van der Waals surface area contributed by atoms with Gasteiger partial charge in [0.25, 0.3) is 23.6 Å². The summed E-state index contributed by atoms with van der Waals surface area (Å²) in [6, 6.07) is 20.5. The molecule has 2 saturated heterocycles. The van der Waals surface area contributed by atoms with Crippen LogP contribution in [0.1, 0.15) is 84.9 Å². The van der Waals surface area contributed by atoms with E-state index < -0.39 is 40.8 Å². The minimum absolute atomic E-state index is 0.0986. The van der Waals surface area contributed by atoms with Gasteiger partial charge in [-0.1, -0.05) is 43.5 Å². The van der Waals surface area contributed by atoms with Crippen molar-refractivity contribution < 1.29 is 55.8 Å². The molecule has 3 aromatic heterocycles. The lowest BCUT2D eigenvalue weighted by Crippen LogP contribution is -2.40. The van der Waals surface area contributed by atoms with Gasteiger partial charge in [-0.05, 0) is 92.4 Å². The zero-order chi connectivity index (χ0) is 56.9. The van der Waals surface area contributed by atoms with Gasteiger partial charge in [-0.15, -0.1) is 0 Å². The Bertz CT molecular complexity index is 3550. The van der Waals surface area contributed by atoms with E-state index in [2.05, 4.69) is 28.9 Å². The number of hydrogen-bond donors (Lipinski definition) is 4. The first kappa shape index (κ1) is 55.7. The molecule has 0 aliphatic carbocycles. The highest BCUT2D eigenvalue weighted by Gasteiger charge is 2.33. The number of nitrogens with one attached hydrogen (secondary N) is 2. The number of alkyl halides is 3. The molecule has 4 aromatic carbocycles. The summed E-state index contributed by atoms with van der Waals surface area (Å²) >= 11 is 0. The predicted molar refractivity (Wildman–Crippen MR) is 286 cm³/mol. The maximum absolute atomic E-state index is 14.3. The third-order valence-corrected chi connectivity index (χ3v) is 13.7. The number of halogens is 4. The number of para-hydroxylation sites is 1. The summed E-state index contributed by atoms with van der Waals surface area (Å²) < 4.78 is 68.9. The van der Waals surface area contributed by atoms with Gasteiger partial charge < -0.3 is 45.9 Å². The Morgan fingerprint density at radius 2 is 1.16 bits per heavy atom. The molecule has 2 aliphatic rings. The highest BCUT2D eigenvalue weighted by molar-refractivity contribution is 6.08.